The molecule has 1 saturated heterocycles. The summed E-state index contributed by atoms with van der Waals surface area (Å²) in [6, 6.07) is 3.28. The Morgan fingerprint density at radius 1 is 1.26 bits per heavy atom. The summed E-state index contributed by atoms with van der Waals surface area (Å²) in [5.41, 5.74) is 0. The number of halogens is 2. The molecule has 1 atom stereocenters. The zero-order valence-corrected chi connectivity index (χ0v) is 20.4. The van der Waals surface area contributed by atoms with E-state index in [0.29, 0.717) is 18.9 Å². The van der Waals surface area contributed by atoms with Crippen LogP contribution < -0.4 is 15.5 Å². The maximum Gasteiger partial charge on any atom is 0.191 e. The maximum absolute atomic E-state index is 14.0. The van der Waals surface area contributed by atoms with Crippen LogP contribution in [0.5, 0.6) is 0 Å². The predicted octanol–water partition coefficient (Wildman–Crippen LogP) is 2.53. The normalized spacial score (nSPS) is 18.8. The molecule has 0 aliphatic carbocycles. The second kappa shape index (κ2) is 11.6. The van der Waals surface area contributed by atoms with Crippen LogP contribution in [0.3, 0.4) is 0 Å². The van der Waals surface area contributed by atoms with Crippen LogP contribution in [0.25, 0.3) is 0 Å². The van der Waals surface area contributed by atoms with Gasteiger partial charge in [0, 0.05) is 57.8 Å². The summed E-state index contributed by atoms with van der Waals surface area (Å²) in [6.07, 6.45) is 8.01. The van der Waals surface area contributed by atoms with Crippen LogP contribution in [0.15, 0.2) is 23.3 Å². The van der Waals surface area contributed by atoms with Crippen molar-refractivity contribution in [3.63, 3.8) is 0 Å². The van der Waals surface area contributed by atoms with E-state index in [-0.39, 0.29) is 35.8 Å². The molecule has 4 rings (SSSR count). The van der Waals surface area contributed by atoms with E-state index in [2.05, 4.69) is 37.3 Å². The molecule has 31 heavy (non-hydrogen) atoms. The molecule has 0 spiro atoms. The summed E-state index contributed by atoms with van der Waals surface area (Å²) < 4.78 is 16.3. The first kappa shape index (κ1) is 23.7. The van der Waals surface area contributed by atoms with Crippen LogP contribution in [-0.4, -0.2) is 57.9 Å². The molecule has 2 aromatic heterocycles. The van der Waals surface area contributed by atoms with Gasteiger partial charge in [-0.2, -0.15) is 0 Å². The highest BCUT2D eigenvalue weighted by Crippen LogP contribution is 2.20. The number of aromatic nitrogens is 4. The molecule has 10 heteroatoms. The number of pyridine rings is 1. The number of hydrogen-bond acceptors (Lipinski definition) is 5. The van der Waals surface area contributed by atoms with Gasteiger partial charge >= 0.3 is 0 Å². The minimum Gasteiger partial charge on any atom is -0.357 e. The van der Waals surface area contributed by atoms with E-state index in [0.717, 1.165) is 56.5 Å². The summed E-state index contributed by atoms with van der Waals surface area (Å²) in [4.78, 5) is 10.9. The molecule has 8 nitrogen and oxygen atoms in total. The molecule has 2 aliphatic heterocycles. The van der Waals surface area contributed by atoms with Crippen molar-refractivity contribution in [1.29, 1.82) is 0 Å². The molecule has 2 aliphatic rings. The second-order valence-corrected chi connectivity index (χ2v) is 7.89. The lowest BCUT2D eigenvalue weighted by molar-refractivity contribution is 0.603. The molecular weight excluding hydrogens is 510 g/mol. The predicted molar refractivity (Wildman–Crippen MR) is 131 cm³/mol. The van der Waals surface area contributed by atoms with E-state index >= 15 is 0 Å². The number of nitrogens with zero attached hydrogens (tertiary/aromatic N) is 6. The Bertz CT molecular complexity index is 871. The third-order valence-electron chi connectivity index (χ3n) is 5.70. The molecule has 2 N–H and O–H groups in total. The number of guanidine groups is 1. The van der Waals surface area contributed by atoms with E-state index in [1.165, 1.54) is 25.3 Å². The van der Waals surface area contributed by atoms with Crippen LogP contribution >= 0.6 is 24.0 Å². The van der Waals surface area contributed by atoms with Crippen molar-refractivity contribution in [2.75, 3.05) is 31.1 Å². The monoisotopic (exact) mass is 542 g/mol. The van der Waals surface area contributed by atoms with Crippen molar-refractivity contribution < 1.29 is 4.39 Å². The zero-order chi connectivity index (χ0) is 20.8. The van der Waals surface area contributed by atoms with E-state index in [1.807, 2.05) is 4.90 Å². The molecule has 0 bridgehead atoms. The quantitative estimate of drug-likeness (QED) is 0.332. The fourth-order valence-corrected chi connectivity index (χ4v) is 4.19. The molecule has 170 valence electrons. The van der Waals surface area contributed by atoms with Gasteiger partial charge in [-0.3, -0.25) is 4.99 Å². The molecule has 0 radical (unpaired) electrons. The summed E-state index contributed by atoms with van der Waals surface area (Å²) >= 11 is 0. The number of hydrogen-bond donors (Lipinski definition) is 2. The van der Waals surface area contributed by atoms with Gasteiger partial charge in [0.1, 0.15) is 11.6 Å². The Kier molecular flexibility index (Phi) is 8.85. The van der Waals surface area contributed by atoms with E-state index in [4.69, 9.17) is 4.99 Å². The van der Waals surface area contributed by atoms with Gasteiger partial charge in [0.05, 0.1) is 0 Å². The molecule has 2 aromatic rings. The Labute approximate surface area is 200 Å². The third kappa shape index (κ3) is 6.05. The first-order chi connectivity index (χ1) is 14.7. The van der Waals surface area contributed by atoms with Crippen molar-refractivity contribution in [1.82, 2.24) is 30.4 Å². The first-order valence-electron chi connectivity index (χ1n) is 11.1. The SMILES string of the molecule is CCNC(=NCCc1nnc2n1CCCCC2)NC1CCN(c2ncccc2F)C1.I. The molecule has 1 fully saturated rings. The van der Waals surface area contributed by atoms with Crippen LogP contribution in [0.1, 0.15) is 44.3 Å². The van der Waals surface area contributed by atoms with Crippen LogP contribution in [0.4, 0.5) is 10.2 Å². The van der Waals surface area contributed by atoms with Gasteiger partial charge in [0.2, 0.25) is 0 Å². The fourth-order valence-electron chi connectivity index (χ4n) is 4.19. The molecule has 0 amide bonds. The van der Waals surface area contributed by atoms with E-state index in [1.54, 1.807) is 12.3 Å². The first-order valence-corrected chi connectivity index (χ1v) is 11.1. The van der Waals surface area contributed by atoms with Crippen LogP contribution in [-0.2, 0) is 19.4 Å². The van der Waals surface area contributed by atoms with Crippen molar-refractivity contribution in [2.45, 2.75) is 58.0 Å². The highest BCUT2D eigenvalue weighted by atomic mass is 127. The minimum atomic E-state index is -0.272. The number of rotatable bonds is 6. The minimum absolute atomic E-state index is 0. The Morgan fingerprint density at radius 2 is 2.16 bits per heavy atom. The van der Waals surface area contributed by atoms with Crippen molar-refractivity contribution in [3.8, 4) is 0 Å². The molecule has 1 unspecified atom stereocenters. The summed E-state index contributed by atoms with van der Waals surface area (Å²) in [5.74, 6) is 3.09. The van der Waals surface area contributed by atoms with Gasteiger partial charge < -0.3 is 20.1 Å². The second-order valence-electron chi connectivity index (χ2n) is 7.89. The summed E-state index contributed by atoms with van der Waals surface area (Å²) in [6.45, 7) is 5.99. The lowest BCUT2D eigenvalue weighted by Gasteiger charge is -2.20. The van der Waals surface area contributed by atoms with Crippen LogP contribution in [0, 0.1) is 5.82 Å². The summed E-state index contributed by atoms with van der Waals surface area (Å²) in [7, 11) is 0. The fraction of sp³-hybridized carbons (Fsp3) is 0.619. The van der Waals surface area contributed by atoms with E-state index < -0.39 is 0 Å². The van der Waals surface area contributed by atoms with Gasteiger partial charge in [-0.15, -0.1) is 34.2 Å². The zero-order valence-electron chi connectivity index (χ0n) is 18.1. The number of fused-ring (bicyclic) bond motifs is 1. The Morgan fingerprint density at radius 3 is 3.00 bits per heavy atom. The Balaban J connectivity index is 0.00000272. The largest absolute Gasteiger partial charge is 0.357 e. The van der Waals surface area contributed by atoms with Gasteiger partial charge in [-0.05, 0) is 38.3 Å². The maximum atomic E-state index is 14.0. The molecule has 0 aromatic carbocycles. The number of nitrogens with one attached hydrogen (secondary N) is 2. The standard InChI is InChI=1S/C21H31FN8.HI/c1-2-23-21(25-12-9-19-28-27-18-8-4-3-5-13-30(18)19)26-16-10-14-29(15-16)20-17(22)7-6-11-24-20;/h6-7,11,16H,2-5,8-10,12-15H2,1H3,(H2,23,25,26);1H. The molecular formula is C21H32FIN8. The number of aliphatic imine (C=N–C) groups is 1. The topological polar surface area (TPSA) is 83.3 Å². The number of aryl methyl sites for hydroxylation is 1. The van der Waals surface area contributed by atoms with Crippen molar-refractivity contribution >= 4 is 35.8 Å². The average Bonchev–Trinajstić information content (AvgIpc) is 3.28. The molecule has 0 saturated carbocycles. The van der Waals surface area contributed by atoms with Gasteiger partial charge in [0.15, 0.2) is 17.6 Å². The van der Waals surface area contributed by atoms with Crippen molar-refractivity contribution in [3.05, 3.63) is 35.8 Å². The lowest BCUT2D eigenvalue weighted by atomic mass is 10.2. The smallest absolute Gasteiger partial charge is 0.191 e. The van der Waals surface area contributed by atoms with E-state index in [9.17, 15) is 4.39 Å². The average molecular weight is 542 g/mol. The highest BCUT2D eigenvalue weighted by Gasteiger charge is 2.26. The third-order valence-corrected chi connectivity index (χ3v) is 5.70. The Hall–Kier alpha value is -1.98. The summed E-state index contributed by atoms with van der Waals surface area (Å²) in [5, 5.41) is 15.6. The van der Waals surface area contributed by atoms with Crippen molar-refractivity contribution in [2.24, 2.45) is 4.99 Å². The lowest BCUT2D eigenvalue weighted by Crippen LogP contribution is -2.44. The van der Waals surface area contributed by atoms with Gasteiger partial charge in [-0.25, -0.2) is 9.37 Å². The molecule has 4 heterocycles. The van der Waals surface area contributed by atoms with Crippen LogP contribution in [0.2, 0.25) is 0 Å². The van der Waals surface area contributed by atoms with Gasteiger partial charge in [0.25, 0.3) is 0 Å². The van der Waals surface area contributed by atoms with Gasteiger partial charge in [-0.1, -0.05) is 6.42 Å². The number of anilines is 1. The highest BCUT2D eigenvalue weighted by molar-refractivity contribution is 14.0.